The molecule has 17 heavy (non-hydrogen) atoms. The van der Waals surface area contributed by atoms with Gasteiger partial charge >= 0.3 is 6.92 Å². The molecule has 0 unspecified atom stereocenters. The summed E-state index contributed by atoms with van der Waals surface area (Å²) in [7, 11) is 0. The SMILES string of the molecule is CB(O)c1ccc(Oc2ccc(C)cc2)cc1. The second kappa shape index (κ2) is 5.06. The van der Waals surface area contributed by atoms with E-state index in [1.807, 2.05) is 55.5 Å². The molecular formula is C14H15BO2. The maximum Gasteiger partial charge on any atom is 0.320 e. The van der Waals surface area contributed by atoms with E-state index in [0.29, 0.717) is 0 Å². The molecule has 0 atom stereocenters. The van der Waals surface area contributed by atoms with E-state index in [1.165, 1.54) is 5.56 Å². The van der Waals surface area contributed by atoms with Crippen molar-refractivity contribution in [3.8, 4) is 11.5 Å². The molecule has 0 saturated carbocycles. The van der Waals surface area contributed by atoms with Gasteiger partial charge in [-0.2, -0.15) is 0 Å². The molecular weight excluding hydrogens is 211 g/mol. The average molecular weight is 226 g/mol. The molecule has 0 fully saturated rings. The van der Waals surface area contributed by atoms with Gasteiger partial charge in [-0.25, -0.2) is 0 Å². The second-order valence-electron chi connectivity index (χ2n) is 4.16. The van der Waals surface area contributed by atoms with Crippen molar-refractivity contribution in [2.24, 2.45) is 0 Å². The van der Waals surface area contributed by atoms with E-state index in [4.69, 9.17) is 4.74 Å². The first kappa shape index (κ1) is 11.7. The van der Waals surface area contributed by atoms with Gasteiger partial charge in [-0.05, 0) is 36.7 Å². The van der Waals surface area contributed by atoms with Crippen molar-refractivity contribution < 1.29 is 9.76 Å². The van der Waals surface area contributed by atoms with Gasteiger partial charge in [-0.1, -0.05) is 36.7 Å². The first-order valence-electron chi connectivity index (χ1n) is 5.68. The maximum absolute atomic E-state index is 9.39. The first-order chi connectivity index (χ1) is 8.15. The third-order valence-electron chi connectivity index (χ3n) is 2.62. The van der Waals surface area contributed by atoms with Crippen LogP contribution >= 0.6 is 0 Å². The van der Waals surface area contributed by atoms with Crippen LogP contribution < -0.4 is 10.2 Å². The molecule has 3 heteroatoms. The third-order valence-corrected chi connectivity index (χ3v) is 2.62. The van der Waals surface area contributed by atoms with Crippen LogP contribution in [0.25, 0.3) is 0 Å². The number of ether oxygens (including phenoxy) is 1. The standard InChI is InChI=1S/C14H15BO2/c1-11-3-7-13(8-4-11)17-14-9-5-12(6-10-14)15(2)16/h3-10,16H,1-2H3. The number of hydrogen-bond donors (Lipinski definition) is 1. The summed E-state index contributed by atoms with van der Waals surface area (Å²) in [6.45, 7) is 3.35. The van der Waals surface area contributed by atoms with Crippen LogP contribution in [0.4, 0.5) is 0 Å². The Morgan fingerprint density at radius 1 is 0.882 bits per heavy atom. The van der Waals surface area contributed by atoms with E-state index >= 15 is 0 Å². The Bertz CT molecular complexity index is 475. The first-order valence-corrected chi connectivity index (χ1v) is 5.68. The molecule has 0 aromatic heterocycles. The third kappa shape index (κ3) is 3.11. The van der Waals surface area contributed by atoms with E-state index in [-0.39, 0.29) is 0 Å². The van der Waals surface area contributed by atoms with Crippen molar-refractivity contribution in [3.05, 3.63) is 54.1 Å². The molecule has 1 N–H and O–H groups in total. The second-order valence-corrected chi connectivity index (χ2v) is 4.16. The number of benzene rings is 2. The summed E-state index contributed by atoms with van der Waals surface area (Å²) >= 11 is 0. The lowest BCUT2D eigenvalue weighted by Crippen LogP contribution is -2.25. The van der Waals surface area contributed by atoms with Crippen molar-refractivity contribution in [2.75, 3.05) is 0 Å². The predicted octanol–water partition coefficient (Wildman–Crippen LogP) is 2.61. The molecule has 0 spiro atoms. The summed E-state index contributed by atoms with van der Waals surface area (Å²) in [5.41, 5.74) is 2.10. The monoisotopic (exact) mass is 226 g/mol. The van der Waals surface area contributed by atoms with Crippen LogP contribution in [-0.4, -0.2) is 11.9 Å². The van der Waals surface area contributed by atoms with Gasteiger partial charge in [0.2, 0.25) is 0 Å². The summed E-state index contributed by atoms with van der Waals surface area (Å²) in [5, 5.41) is 9.39. The number of aryl methyl sites for hydroxylation is 1. The van der Waals surface area contributed by atoms with Crippen LogP contribution in [0.15, 0.2) is 48.5 Å². The molecule has 2 nitrogen and oxygen atoms in total. The maximum atomic E-state index is 9.39. The average Bonchev–Trinajstić information content (AvgIpc) is 2.33. The fraction of sp³-hybridized carbons (Fsp3) is 0.143. The minimum atomic E-state index is -0.441. The zero-order valence-electron chi connectivity index (χ0n) is 10.1. The molecule has 0 aliphatic rings. The number of rotatable bonds is 3. The minimum absolute atomic E-state index is 0.441. The lowest BCUT2D eigenvalue weighted by Gasteiger charge is -2.07. The van der Waals surface area contributed by atoms with E-state index in [2.05, 4.69) is 0 Å². The van der Waals surface area contributed by atoms with Crippen LogP contribution in [0, 0.1) is 6.92 Å². The van der Waals surface area contributed by atoms with Crippen LogP contribution in [0.1, 0.15) is 5.56 Å². The van der Waals surface area contributed by atoms with Gasteiger partial charge in [-0.3, -0.25) is 0 Å². The van der Waals surface area contributed by atoms with E-state index in [1.54, 1.807) is 6.82 Å². The Hall–Kier alpha value is -1.74. The normalized spacial score (nSPS) is 10.1. The Morgan fingerprint density at radius 3 is 1.82 bits per heavy atom. The van der Waals surface area contributed by atoms with Gasteiger partial charge in [0.1, 0.15) is 11.5 Å². The number of hydrogen-bond acceptors (Lipinski definition) is 2. The van der Waals surface area contributed by atoms with Crippen molar-refractivity contribution in [1.82, 2.24) is 0 Å². The lowest BCUT2D eigenvalue weighted by atomic mass is 9.64. The Balaban J connectivity index is 2.11. The molecule has 0 bridgehead atoms. The highest BCUT2D eigenvalue weighted by molar-refractivity contribution is 6.64. The van der Waals surface area contributed by atoms with Gasteiger partial charge in [0.15, 0.2) is 0 Å². The van der Waals surface area contributed by atoms with Crippen molar-refractivity contribution >= 4 is 12.4 Å². The van der Waals surface area contributed by atoms with Gasteiger partial charge in [0.25, 0.3) is 0 Å². The predicted molar refractivity (Wildman–Crippen MR) is 71.2 cm³/mol. The molecule has 0 aliphatic carbocycles. The summed E-state index contributed by atoms with van der Waals surface area (Å²) < 4.78 is 5.69. The Labute approximate surface area is 102 Å². The largest absolute Gasteiger partial charge is 0.457 e. The summed E-state index contributed by atoms with van der Waals surface area (Å²) in [4.78, 5) is 0. The van der Waals surface area contributed by atoms with E-state index in [9.17, 15) is 5.02 Å². The zero-order valence-corrected chi connectivity index (χ0v) is 10.1. The topological polar surface area (TPSA) is 29.5 Å². The lowest BCUT2D eigenvalue weighted by molar-refractivity contribution is 0.482. The fourth-order valence-electron chi connectivity index (χ4n) is 1.56. The Morgan fingerprint density at radius 2 is 1.35 bits per heavy atom. The molecule has 2 rings (SSSR count). The molecule has 0 heterocycles. The molecule has 2 aromatic carbocycles. The zero-order chi connectivity index (χ0) is 12.3. The summed E-state index contributed by atoms with van der Waals surface area (Å²) in [6.07, 6.45) is 0. The van der Waals surface area contributed by atoms with E-state index in [0.717, 1.165) is 17.0 Å². The van der Waals surface area contributed by atoms with Crippen LogP contribution in [-0.2, 0) is 0 Å². The smallest absolute Gasteiger partial charge is 0.320 e. The van der Waals surface area contributed by atoms with Gasteiger partial charge in [0, 0.05) is 0 Å². The van der Waals surface area contributed by atoms with Crippen molar-refractivity contribution in [2.45, 2.75) is 13.7 Å². The van der Waals surface area contributed by atoms with E-state index < -0.39 is 6.92 Å². The highest BCUT2D eigenvalue weighted by Gasteiger charge is 2.05. The quantitative estimate of drug-likeness (QED) is 0.815. The van der Waals surface area contributed by atoms with Gasteiger partial charge < -0.3 is 9.76 Å². The van der Waals surface area contributed by atoms with Gasteiger partial charge in [0.05, 0.1) is 0 Å². The van der Waals surface area contributed by atoms with Crippen LogP contribution in [0.2, 0.25) is 6.82 Å². The molecule has 86 valence electrons. The molecule has 0 radical (unpaired) electrons. The van der Waals surface area contributed by atoms with Crippen LogP contribution in [0.5, 0.6) is 11.5 Å². The highest BCUT2D eigenvalue weighted by Crippen LogP contribution is 2.20. The molecule has 2 aromatic rings. The fourth-order valence-corrected chi connectivity index (χ4v) is 1.56. The van der Waals surface area contributed by atoms with Crippen LogP contribution in [0.3, 0.4) is 0 Å². The molecule has 0 amide bonds. The molecule has 0 aliphatic heterocycles. The van der Waals surface area contributed by atoms with Gasteiger partial charge in [-0.15, -0.1) is 0 Å². The van der Waals surface area contributed by atoms with Crippen molar-refractivity contribution in [3.63, 3.8) is 0 Å². The highest BCUT2D eigenvalue weighted by atomic mass is 16.5. The Kier molecular flexibility index (Phi) is 3.50. The minimum Gasteiger partial charge on any atom is -0.457 e. The summed E-state index contributed by atoms with van der Waals surface area (Å²) in [5.74, 6) is 1.60. The molecule has 0 saturated heterocycles. The summed E-state index contributed by atoms with van der Waals surface area (Å²) in [6, 6.07) is 15.4. The van der Waals surface area contributed by atoms with Crippen molar-refractivity contribution in [1.29, 1.82) is 0 Å².